The maximum Gasteiger partial charge on any atom is 0.231 e. The smallest absolute Gasteiger partial charge is 0.231 e. The number of nitrogens with zero attached hydrogens (tertiary/aromatic N) is 2. The summed E-state index contributed by atoms with van der Waals surface area (Å²) in [6, 6.07) is 11.7. The molecule has 6 rings (SSSR count). The quantitative estimate of drug-likeness (QED) is 0.234. The lowest BCUT2D eigenvalue weighted by molar-refractivity contribution is 0.155. The Morgan fingerprint density at radius 1 is 1.21 bits per heavy atom. The minimum atomic E-state index is 0.0929. The fraction of sp³-hybridized carbons (Fsp3) is 0.286. The molecule has 3 aliphatic heterocycles. The lowest BCUT2D eigenvalue weighted by atomic mass is 9.82. The van der Waals surface area contributed by atoms with Crippen LogP contribution in [-0.2, 0) is 26.0 Å². The molecule has 3 N–H and O–H groups in total. The Kier molecular flexibility index (Phi) is 7.16. The summed E-state index contributed by atoms with van der Waals surface area (Å²) in [6.07, 6.45) is 3.39. The lowest BCUT2D eigenvalue weighted by Gasteiger charge is -2.42. The van der Waals surface area contributed by atoms with Gasteiger partial charge in [0.05, 0.1) is 13.3 Å². The normalized spacial score (nSPS) is 17.4. The van der Waals surface area contributed by atoms with Gasteiger partial charge in [-0.15, -0.1) is 0 Å². The molecular weight excluding hydrogens is 559 g/mol. The summed E-state index contributed by atoms with van der Waals surface area (Å²) in [6.45, 7) is 2.11. The predicted octanol–water partition coefficient (Wildman–Crippen LogP) is 5.13. The molecule has 39 heavy (non-hydrogen) atoms. The maximum absolute atomic E-state index is 6.43. The van der Waals surface area contributed by atoms with Gasteiger partial charge in [0.25, 0.3) is 0 Å². The van der Waals surface area contributed by atoms with E-state index in [1.165, 1.54) is 11.1 Å². The standard InChI is InChI=1S/C28H26Cl2N4O4S/c1-35-26-7-17(11-32-33-28(31)39)19-9-23-20-10-25-24(37-14-38-25)6-15(20)4-5-34(23)12-21(19)27(26)36-13-16-2-3-18(29)8-22(16)30/h2-3,6-8,10-11,23H,4-5,9,12-14H2,1H3,(H3,31,33,39)/b32-11+. The van der Waals surface area contributed by atoms with Crippen molar-refractivity contribution < 1.29 is 18.9 Å². The Hall–Kier alpha value is -3.24. The molecule has 0 saturated heterocycles. The number of nitrogens with one attached hydrogen (secondary N) is 1. The van der Waals surface area contributed by atoms with Gasteiger partial charge in [-0.05, 0) is 72.1 Å². The first-order valence-electron chi connectivity index (χ1n) is 12.5. The second-order valence-electron chi connectivity index (χ2n) is 9.56. The predicted molar refractivity (Wildman–Crippen MR) is 154 cm³/mol. The van der Waals surface area contributed by atoms with Gasteiger partial charge in [0, 0.05) is 45.9 Å². The summed E-state index contributed by atoms with van der Waals surface area (Å²) in [4.78, 5) is 2.47. The summed E-state index contributed by atoms with van der Waals surface area (Å²) in [5.41, 5.74) is 14.7. The number of nitrogens with two attached hydrogens (primary N) is 1. The molecule has 3 heterocycles. The van der Waals surface area contributed by atoms with Gasteiger partial charge >= 0.3 is 0 Å². The van der Waals surface area contributed by atoms with E-state index in [-0.39, 0.29) is 24.6 Å². The Morgan fingerprint density at radius 3 is 2.79 bits per heavy atom. The molecule has 1 atom stereocenters. The van der Waals surface area contributed by atoms with E-state index in [0.717, 1.165) is 53.1 Å². The number of thiocarbonyl (C=S) groups is 1. The highest BCUT2D eigenvalue weighted by Gasteiger charge is 2.37. The molecule has 8 nitrogen and oxygen atoms in total. The van der Waals surface area contributed by atoms with Crippen LogP contribution < -0.4 is 30.1 Å². The molecule has 0 spiro atoms. The Balaban J connectivity index is 1.41. The third-order valence-electron chi connectivity index (χ3n) is 7.34. The minimum Gasteiger partial charge on any atom is -0.493 e. The third-order valence-corrected chi connectivity index (χ3v) is 8.02. The molecule has 3 aliphatic rings. The lowest BCUT2D eigenvalue weighted by Crippen LogP contribution is -2.40. The van der Waals surface area contributed by atoms with Crippen LogP contribution in [0.1, 0.15) is 39.4 Å². The van der Waals surface area contributed by atoms with Gasteiger partial charge < -0.3 is 24.7 Å². The van der Waals surface area contributed by atoms with E-state index in [4.69, 9.17) is 60.1 Å². The van der Waals surface area contributed by atoms with Gasteiger partial charge in [0.15, 0.2) is 28.1 Å². The first-order valence-corrected chi connectivity index (χ1v) is 13.6. The number of hydrazone groups is 1. The van der Waals surface area contributed by atoms with E-state index >= 15 is 0 Å². The van der Waals surface area contributed by atoms with E-state index in [0.29, 0.717) is 28.1 Å². The molecule has 11 heteroatoms. The van der Waals surface area contributed by atoms with Crippen LogP contribution in [0.2, 0.25) is 10.0 Å². The molecule has 0 amide bonds. The van der Waals surface area contributed by atoms with E-state index < -0.39 is 0 Å². The fourth-order valence-corrected chi connectivity index (χ4v) is 6.02. The number of rotatable bonds is 6. The molecule has 0 bridgehead atoms. The highest BCUT2D eigenvalue weighted by Crippen LogP contribution is 2.47. The summed E-state index contributed by atoms with van der Waals surface area (Å²) < 4.78 is 23.6. The monoisotopic (exact) mass is 584 g/mol. The van der Waals surface area contributed by atoms with Crippen LogP contribution in [0.5, 0.6) is 23.0 Å². The van der Waals surface area contributed by atoms with E-state index in [2.05, 4.69) is 27.6 Å². The number of benzene rings is 3. The van der Waals surface area contributed by atoms with Crippen LogP contribution in [0.25, 0.3) is 0 Å². The Morgan fingerprint density at radius 2 is 2.03 bits per heavy atom. The molecule has 0 radical (unpaired) electrons. The minimum absolute atomic E-state index is 0.0929. The second-order valence-corrected chi connectivity index (χ2v) is 10.8. The van der Waals surface area contributed by atoms with Crippen LogP contribution in [0, 0.1) is 0 Å². The van der Waals surface area contributed by atoms with Crippen molar-refractivity contribution in [2.75, 3.05) is 20.4 Å². The van der Waals surface area contributed by atoms with Gasteiger partial charge in [0.1, 0.15) is 6.61 Å². The van der Waals surface area contributed by atoms with E-state index in [1.807, 2.05) is 12.1 Å². The van der Waals surface area contributed by atoms with Crippen molar-refractivity contribution in [1.82, 2.24) is 10.3 Å². The molecule has 0 fully saturated rings. The average molecular weight is 586 g/mol. The van der Waals surface area contributed by atoms with Crippen molar-refractivity contribution in [3.05, 3.63) is 79.8 Å². The van der Waals surface area contributed by atoms with E-state index in [1.54, 1.807) is 25.5 Å². The summed E-state index contributed by atoms with van der Waals surface area (Å²) >= 11 is 17.4. The van der Waals surface area contributed by atoms with Gasteiger partial charge in [-0.2, -0.15) is 5.10 Å². The molecular formula is C28H26Cl2N4O4S. The number of fused-ring (bicyclic) bond motifs is 5. The summed E-state index contributed by atoms with van der Waals surface area (Å²) in [5, 5.41) is 5.46. The summed E-state index contributed by atoms with van der Waals surface area (Å²) in [7, 11) is 1.63. The molecule has 1 unspecified atom stereocenters. The number of methoxy groups -OCH3 is 1. The maximum atomic E-state index is 6.43. The largest absolute Gasteiger partial charge is 0.493 e. The number of halogens is 2. The Bertz CT molecular complexity index is 1500. The van der Waals surface area contributed by atoms with Crippen LogP contribution in [0.3, 0.4) is 0 Å². The van der Waals surface area contributed by atoms with Crippen LogP contribution in [0.4, 0.5) is 0 Å². The SMILES string of the molecule is COc1cc(/C=N/NC(N)=S)c2c(c1OCc1ccc(Cl)cc1Cl)CN1CCc3cc4c(cc3C1C2)OCO4. The van der Waals surface area contributed by atoms with Crippen molar-refractivity contribution in [3.63, 3.8) is 0 Å². The topological polar surface area (TPSA) is 90.6 Å². The number of hydrogen-bond donors (Lipinski definition) is 2. The molecule has 3 aromatic rings. The van der Waals surface area contributed by atoms with Crippen molar-refractivity contribution in [2.45, 2.75) is 32.0 Å². The van der Waals surface area contributed by atoms with Gasteiger partial charge in [0.2, 0.25) is 6.79 Å². The van der Waals surface area contributed by atoms with Crippen molar-refractivity contribution in [2.24, 2.45) is 10.8 Å². The number of ether oxygens (including phenoxy) is 4. The zero-order valence-corrected chi connectivity index (χ0v) is 23.5. The molecule has 0 aromatic heterocycles. The molecule has 202 valence electrons. The third kappa shape index (κ3) is 5.07. The van der Waals surface area contributed by atoms with Crippen molar-refractivity contribution in [3.8, 4) is 23.0 Å². The van der Waals surface area contributed by atoms with Gasteiger partial charge in [-0.3, -0.25) is 10.3 Å². The van der Waals surface area contributed by atoms with Crippen LogP contribution in [0.15, 0.2) is 41.5 Å². The average Bonchev–Trinajstić information content (AvgIpc) is 3.38. The van der Waals surface area contributed by atoms with Gasteiger partial charge in [-0.1, -0.05) is 29.3 Å². The van der Waals surface area contributed by atoms with Crippen LogP contribution in [-0.4, -0.2) is 36.7 Å². The first kappa shape index (κ1) is 26.0. The van der Waals surface area contributed by atoms with Crippen LogP contribution >= 0.6 is 35.4 Å². The summed E-state index contributed by atoms with van der Waals surface area (Å²) in [5.74, 6) is 2.90. The second kappa shape index (κ2) is 10.7. The number of hydrogen-bond acceptors (Lipinski definition) is 7. The molecule has 0 saturated carbocycles. The first-order chi connectivity index (χ1) is 18.9. The van der Waals surface area contributed by atoms with Gasteiger partial charge in [-0.25, -0.2) is 0 Å². The zero-order chi connectivity index (χ0) is 27.1. The highest BCUT2D eigenvalue weighted by molar-refractivity contribution is 7.80. The van der Waals surface area contributed by atoms with Crippen molar-refractivity contribution >= 4 is 46.7 Å². The highest BCUT2D eigenvalue weighted by atomic mass is 35.5. The molecule has 0 aliphatic carbocycles. The molecule has 3 aromatic carbocycles. The fourth-order valence-electron chi connectivity index (χ4n) is 5.51. The Labute approximate surface area is 241 Å². The van der Waals surface area contributed by atoms with Crippen molar-refractivity contribution in [1.29, 1.82) is 0 Å². The van der Waals surface area contributed by atoms with E-state index in [9.17, 15) is 0 Å². The zero-order valence-electron chi connectivity index (χ0n) is 21.1.